The van der Waals surface area contributed by atoms with Crippen LogP contribution in [0.25, 0.3) is 0 Å². The van der Waals surface area contributed by atoms with Crippen LogP contribution in [0.1, 0.15) is 17.9 Å². The molecule has 1 fully saturated rings. The van der Waals surface area contributed by atoms with Gasteiger partial charge in [-0.1, -0.05) is 30.3 Å². The van der Waals surface area contributed by atoms with Crippen LogP contribution in [-0.2, 0) is 4.79 Å². The third kappa shape index (κ3) is 2.34. The topological polar surface area (TPSA) is 20.3 Å². The van der Waals surface area contributed by atoms with Crippen LogP contribution in [-0.4, -0.2) is 29.6 Å². The van der Waals surface area contributed by atoms with Crippen LogP contribution in [0.15, 0.2) is 30.3 Å². The number of amides is 1. The van der Waals surface area contributed by atoms with Crippen LogP contribution < -0.4 is 0 Å². The van der Waals surface area contributed by atoms with Crippen molar-refractivity contribution in [2.45, 2.75) is 12.3 Å². The zero-order chi connectivity index (χ0) is 10.7. The van der Waals surface area contributed by atoms with Crippen LogP contribution in [0.3, 0.4) is 0 Å². The molecule has 0 aromatic heterocycles. The van der Waals surface area contributed by atoms with Crippen molar-refractivity contribution in [3.8, 4) is 0 Å². The molecule has 0 N–H and O–H groups in total. The Balaban J connectivity index is 2.02. The van der Waals surface area contributed by atoms with E-state index in [1.165, 1.54) is 5.56 Å². The Kier molecular flexibility index (Phi) is 3.31. The standard InChI is InChI=1S/C12H15NOS/c14-12(9-15)13-7-6-11(8-13)10-4-2-1-3-5-10/h1-5,11,15H,6-9H2. The summed E-state index contributed by atoms with van der Waals surface area (Å²) in [7, 11) is 0. The van der Waals surface area contributed by atoms with E-state index in [4.69, 9.17) is 0 Å². The largest absolute Gasteiger partial charge is 0.341 e. The minimum absolute atomic E-state index is 0.150. The number of thiol groups is 1. The maximum atomic E-state index is 11.4. The normalized spacial score (nSPS) is 20.6. The van der Waals surface area contributed by atoms with Gasteiger partial charge in [0.15, 0.2) is 0 Å². The second kappa shape index (κ2) is 4.71. The summed E-state index contributed by atoms with van der Waals surface area (Å²) in [5.74, 6) is 0.980. The number of hydrogen-bond donors (Lipinski definition) is 1. The Labute approximate surface area is 95.7 Å². The lowest BCUT2D eigenvalue weighted by atomic mass is 9.99. The summed E-state index contributed by atoms with van der Waals surface area (Å²) in [4.78, 5) is 13.3. The van der Waals surface area contributed by atoms with Gasteiger partial charge in [0.2, 0.25) is 5.91 Å². The average Bonchev–Trinajstić information content (AvgIpc) is 2.78. The first-order valence-corrected chi connectivity index (χ1v) is 5.88. The van der Waals surface area contributed by atoms with E-state index in [1.807, 2.05) is 11.0 Å². The highest BCUT2D eigenvalue weighted by molar-refractivity contribution is 7.81. The van der Waals surface area contributed by atoms with Gasteiger partial charge < -0.3 is 4.90 Å². The third-order valence-corrected chi connectivity index (χ3v) is 3.22. The molecule has 2 rings (SSSR count). The van der Waals surface area contributed by atoms with Crippen molar-refractivity contribution in [2.24, 2.45) is 0 Å². The first kappa shape index (κ1) is 10.6. The molecule has 1 aromatic carbocycles. The Morgan fingerprint density at radius 2 is 2.13 bits per heavy atom. The van der Waals surface area contributed by atoms with E-state index >= 15 is 0 Å². The number of rotatable bonds is 2. The van der Waals surface area contributed by atoms with Crippen molar-refractivity contribution in [2.75, 3.05) is 18.8 Å². The van der Waals surface area contributed by atoms with E-state index < -0.39 is 0 Å². The molecule has 0 saturated carbocycles. The molecular weight excluding hydrogens is 206 g/mol. The molecule has 1 atom stereocenters. The summed E-state index contributed by atoms with van der Waals surface area (Å²) in [5, 5.41) is 0. The predicted molar refractivity (Wildman–Crippen MR) is 64.2 cm³/mol. The fourth-order valence-electron chi connectivity index (χ4n) is 2.08. The van der Waals surface area contributed by atoms with Gasteiger partial charge in [0.25, 0.3) is 0 Å². The van der Waals surface area contributed by atoms with Gasteiger partial charge >= 0.3 is 0 Å². The molecule has 80 valence electrons. The molecule has 0 radical (unpaired) electrons. The van der Waals surface area contributed by atoms with Crippen molar-refractivity contribution >= 4 is 18.5 Å². The van der Waals surface area contributed by atoms with E-state index in [9.17, 15) is 4.79 Å². The number of nitrogens with zero attached hydrogens (tertiary/aromatic N) is 1. The highest BCUT2D eigenvalue weighted by Crippen LogP contribution is 2.26. The maximum Gasteiger partial charge on any atom is 0.232 e. The molecule has 1 aromatic rings. The highest BCUT2D eigenvalue weighted by Gasteiger charge is 2.26. The Hall–Kier alpha value is -0.960. The van der Waals surface area contributed by atoms with Crippen LogP contribution in [0.4, 0.5) is 0 Å². The number of likely N-dealkylation sites (tertiary alicyclic amines) is 1. The highest BCUT2D eigenvalue weighted by atomic mass is 32.1. The molecule has 1 unspecified atom stereocenters. The molecule has 1 aliphatic rings. The van der Waals surface area contributed by atoms with Crippen molar-refractivity contribution in [3.05, 3.63) is 35.9 Å². The molecule has 15 heavy (non-hydrogen) atoms. The molecule has 2 nitrogen and oxygen atoms in total. The van der Waals surface area contributed by atoms with Crippen LogP contribution >= 0.6 is 12.6 Å². The lowest BCUT2D eigenvalue weighted by Gasteiger charge is -2.15. The van der Waals surface area contributed by atoms with Gasteiger partial charge in [0.1, 0.15) is 0 Å². The molecule has 0 spiro atoms. The quantitative estimate of drug-likeness (QED) is 0.757. The Morgan fingerprint density at radius 3 is 2.80 bits per heavy atom. The number of hydrogen-bond acceptors (Lipinski definition) is 2. The zero-order valence-corrected chi connectivity index (χ0v) is 9.49. The van der Waals surface area contributed by atoms with Crippen molar-refractivity contribution < 1.29 is 4.79 Å². The second-order valence-corrected chi connectivity index (χ2v) is 4.21. The molecule has 0 bridgehead atoms. The van der Waals surface area contributed by atoms with Gasteiger partial charge in [-0.3, -0.25) is 4.79 Å². The first-order chi connectivity index (χ1) is 7.31. The minimum atomic E-state index is 0.150. The zero-order valence-electron chi connectivity index (χ0n) is 8.60. The van der Waals surface area contributed by atoms with Crippen LogP contribution in [0.5, 0.6) is 0 Å². The van der Waals surface area contributed by atoms with Gasteiger partial charge in [-0.25, -0.2) is 0 Å². The lowest BCUT2D eigenvalue weighted by molar-refractivity contribution is -0.127. The van der Waals surface area contributed by atoms with Crippen molar-refractivity contribution in [3.63, 3.8) is 0 Å². The van der Waals surface area contributed by atoms with E-state index in [-0.39, 0.29) is 5.91 Å². The fraction of sp³-hybridized carbons (Fsp3) is 0.417. The summed E-state index contributed by atoms with van der Waals surface area (Å²) in [5.41, 5.74) is 1.34. The molecule has 1 heterocycles. The van der Waals surface area contributed by atoms with Gasteiger partial charge in [0.05, 0.1) is 5.75 Å². The predicted octanol–water partition coefficient (Wildman–Crippen LogP) is 1.93. The van der Waals surface area contributed by atoms with Gasteiger partial charge in [-0.05, 0) is 12.0 Å². The van der Waals surface area contributed by atoms with Crippen molar-refractivity contribution in [1.29, 1.82) is 0 Å². The van der Waals surface area contributed by atoms with E-state index in [2.05, 4.69) is 36.9 Å². The number of benzene rings is 1. The summed E-state index contributed by atoms with van der Waals surface area (Å²) < 4.78 is 0. The van der Waals surface area contributed by atoms with Crippen LogP contribution in [0.2, 0.25) is 0 Å². The van der Waals surface area contributed by atoms with Gasteiger partial charge in [0, 0.05) is 19.0 Å². The number of carbonyl (C=O) groups excluding carboxylic acids is 1. The molecule has 1 aliphatic heterocycles. The Bertz CT molecular complexity index is 339. The Morgan fingerprint density at radius 1 is 1.40 bits per heavy atom. The first-order valence-electron chi connectivity index (χ1n) is 5.25. The van der Waals surface area contributed by atoms with E-state index in [0.717, 1.165) is 19.5 Å². The van der Waals surface area contributed by atoms with E-state index in [0.29, 0.717) is 11.7 Å². The molecule has 0 aliphatic carbocycles. The molecule has 1 amide bonds. The molecule has 3 heteroatoms. The van der Waals surface area contributed by atoms with Gasteiger partial charge in [-0.15, -0.1) is 0 Å². The van der Waals surface area contributed by atoms with Crippen molar-refractivity contribution in [1.82, 2.24) is 4.90 Å². The molecular formula is C12H15NOS. The third-order valence-electron chi connectivity index (χ3n) is 2.95. The smallest absolute Gasteiger partial charge is 0.232 e. The maximum absolute atomic E-state index is 11.4. The SMILES string of the molecule is O=C(CS)N1CCC(c2ccccc2)C1. The monoisotopic (exact) mass is 221 g/mol. The average molecular weight is 221 g/mol. The summed E-state index contributed by atoms with van der Waals surface area (Å²) in [6, 6.07) is 10.4. The number of carbonyl (C=O) groups is 1. The fourth-order valence-corrected chi connectivity index (χ4v) is 2.28. The summed E-state index contributed by atoms with van der Waals surface area (Å²) in [6.45, 7) is 1.72. The molecule has 1 saturated heterocycles. The minimum Gasteiger partial charge on any atom is -0.341 e. The second-order valence-electron chi connectivity index (χ2n) is 3.89. The van der Waals surface area contributed by atoms with Gasteiger partial charge in [-0.2, -0.15) is 12.6 Å². The van der Waals surface area contributed by atoms with E-state index in [1.54, 1.807) is 0 Å². The lowest BCUT2D eigenvalue weighted by Crippen LogP contribution is -2.29. The summed E-state index contributed by atoms with van der Waals surface area (Å²) in [6.07, 6.45) is 1.07. The van der Waals surface area contributed by atoms with Crippen LogP contribution in [0, 0.1) is 0 Å². The summed E-state index contributed by atoms with van der Waals surface area (Å²) >= 11 is 4.02.